The quantitative estimate of drug-likeness (QED) is 0.386. The number of benzene rings is 2. The summed E-state index contributed by atoms with van der Waals surface area (Å²) >= 11 is 1.42. The van der Waals surface area contributed by atoms with Gasteiger partial charge >= 0.3 is 0 Å². The normalized spacial score (nSPS) is 14.9. The zero-order chi connectivity index (χ0) is 24.8. The van der Waals surface area contributed by atoms with Crippen molar-refractivity contribution in [3.8, 4) is 28.6 Å². The maximum atomic E-state index is 13.0. The van der Waals surface area contributed by atoms with Gasteiger partial charge in [-0.25, -0.2) is 0 Å². The molecule has 1 unspecified atom stereocenters. The fraction of sp³-hybridized carbons (Fsp3) is 0.423. The third-order valence-corrected chi connectivity index (χ3v) is 7.32. The second-order valence-electron chi connectivity index (χ2n) is 8.49. The monoisotopic (exact) mass is 496 g/mol. The molecule has 0 radical (unpaired) electrons. The lowest BCUT2D eigenvalue weighted by Crippen LogP contribution is -2.24. The van der Waals surface area contributed by atoms with Crippen LogP contribution in [0, 0.1) is 0 Å². The first kappa shape index (κ1) is 24.9. The number of ether oxygens (including phenoxy) is 3. The van der Waals surface area contributed by atoms with Crippen LogP contribution in [0.2, 0.25) is 0 Å². The molecular weight excluding hydrogens is 464 g/mol. The number of para-hydroxylation sites is 2. The number of carbonyl (C=O) groups is 1. The summed E-state index contributed by atoms with van der Waals surface area (Å²) in [5.74, 6) is 2.58. The van der Waals surface area contributed by atoms with Crippen molar-refractivity contribution in [1.82, 2.24) is 14.8 Å². The maximum Gasteiger partial charge on any atom is 0.237 e. The minimum Gasteiger partial charge on any atom is -0.495 e. The molecule has 0 bridgehead atoms. The number of rotatable bonds is 9. The van der Waals surface area contributed by atoms with Crippen molar-refractivity contribution in [2.24, 2.45) is 0 Å². The van der Waals surface area contributed by atoms with Crippen molar-refractivity contribution < 1.29 is 19.0 Å². The summed E-state index contributed by atoms with van der Waals surface area (Å²) in [6, 6.07) is 13.4. The van der Waals surface area contributed by atoms with Crippen molar-refractivity contribution in [1.29, 1.82) is 0 Å². The number of nitrogens with one attached hydrogen (secondary N) is 1. The number of hydrogen-bond acceptors (Lipinski definition) is 7. The van der Waals surface area contributed by atoms with Crippen LogP contribution >= 0.6 is 11.8 Å². The number of carbonyl (C=O) groups excluding carboxylic acids is 1. The predicted molar refractivity (Wildman–Crippen MR) is 138 cm³/mol. The number of nitrogens with zero attached hydrogens (tertiary/aromatic N) is 3. The van der Waals surface area contributed by atoms with E-state index in [2.05, 4.69) is 20.1 Å². The van der Waals surface area contributed by atoms with Crippen LogP contribution in [0.1, 0.15) is 45.1 Å². The number of amides is 1. The summed E-state index contributed by atoms with van der Waals surface area (Å²) in [5.41, 5.74) is 1.55. The Morgan fingerprint density at radius 1 is 0.971 bits per heavy atom. The van der Waals surface area contributed by atoms with Crippen LogP contribution in [0.4, 0.5) is 5.69 Å². The Morgan fingerprint density at radius 2 is 1.69 bits per heavy atom. The van der Waals surface area contributed by atoms with Crippen LogP contribution in [0.25, 0.3) is 11.4 Å². The van der Waals surface area contributed by atoms with Gasteiger partial charge in [-0.05, 0) is 50.1 Å². The number of methoxy groups -OCH3 is 3. The highest BCUT2D eigenvalue weighted by molar-refractivity contribution is 8.00. The largest absolute Gasteiger partial charge is 0.495 e. The van der Waals surface area contributed by atoms with Crippen LogP contribution in [0.15, 0.2) is 47.6 Å². The summed E-state index contributed by atoms with van der Waals surface area (Å²) in [4.78, 5) is 13.0. The van der Waals surface area contributed by atoms with Crippen LogP contribution in [0.5, 0.6) is 17.2 Å². The Bertz CT molecular complexity index is 1160. The van der Waals surface area contributed by atoms with Crippen LogP contribution in [0.3, 0.4) is 0 Å². The van der Waals surface area contributed by atoms with Crippen molar-refractivity contribution in [2.45, 2.75) is 55.5 Å². The van der Waals surface area contributed by atoms with Crippen LogP contribution in [-0.4, -0.2) is 47.3 Å². The van der Waals surface area contributed by atoms with Gasteiger partial charge in [-0.3, -0.25) is 9.36 Å². The molecule has 1 aliphatic carbocycles. The standard InChI is InChI=1S/C26H32N4O4S/c1-17(25(31)27-20-12-8-9-13-21(20)32-2)35-26-29-28-24(30(26)19-10-6-5-7-11-19)18-14-15-22(33-3)23(16-18)34-4/h8-9,12-17,19H,5-7,10-11H2,1-4H3,(H,27,31). The number of anilines is 1. The van der Waals surface area contributed by atoms with Gasteiger partial charge in [-0.1, -0.05) is 43.2 Å². The second kappa shape index (κ2) is 11.5. The Hall–Kier alpha value is -3.20. The molecule has 1 heterocycles. The lowest BCUT2D eigenvalue weighted by Gasteiger charge is -2.26. The van der Waals surface area contributed by atoms with E-state index in [4.69, 9.17) is 14.2 Å². The molecule has 3 aromatic rings. The Labute approximate surface area is 210 Å². The van der Waals surface area contributed by atoms with E-state index in [1.807, 2.05) is 49.4 Å². The summed E-state index contributed by atoms with van der Waals surface area (Å²) in [6.45, 7) is 1.88. The third-order valence-electron chi connectivity index (χ3n) is 6.26. The molecule has 1 fully saturated rings. The van der Waals surface area contributed by atoms with Gasteiger partial charge < -0.3 is 19.5 Å². The smallest absolute Gasteiger partial charge is 0.237 e. The van der Waals surface area contributed by atoms with E-state index in [0.29, 0.717) is 22.9 Å². The first-order chi connectivity index (χ1) is 17.0. The predicted octanol–water partition coefficient (Wildman–Crippen LogP) is 5.60. The highest BCUT2D eigenvalue weighted by atomic mass is 32.2. The summed E-state index contributed by atoms with van der Waals surface area (Å²) < 4.78 is 18.5. The summed E-state index contributed by atoms with van der Waals surface area (Å²) in [6.07, 6.45) is 5.70. The molecule has 1 aliphatic rings. The van der Waals surface area contributed by atoms with Crippen molar-refractivity contribution >= 4 is 23.4 Å². The molecular formula is C26H32N4O4S. The van der Waals surface area contributed by atoms with E-state index >= 15 is 0 Å². The fourth-order valence-corrected chi connectivity index (χ4v) is 5.31. The van der Waals surface area contributed by atoms with Crippen molar-refractivity contribution in [3.05, 3.63) is 42.5 Å². The first-order valence-electron chi connectivity index (χ1n) is 11.8. The topological polar surface area (TPSA) is 87.5 Å². The van der Waals surface area contributed by atoms with Gasteiger partial charge in [-0.2, -0.15) is 0 Å². The second-order valence-corrected chi connectivity index (χ2v) is 9.80. The molecule has 0 spiro atoms. The zero-order valence-corrected chi connectivity index (χ0v) is 21.4. The molecule has 4 rings (SSSR count). The lowest BCUT2D eigenvalue weighted by atomic mass is 9.95. The molecule has 186 valence electrons. The Balaban J connectivity index is 1.62. The van der Waals surface area contributed by atoms with Gasteiger partial charge in [0.05, 0.1) is 32.3 Å². The first-order valence-corrected chi connectivity index (χ1v) is 12.7. The van der Waals surface area contributed by atoms with E-state index in [1.54, 1.807) is 21.3 Å². The minimum atomic E-state index is -0.385. The van der Waals surface area contributed by atoms with Gasteiger partial charge in [0.25, 0.3) is 0 Å². The fourth-order valence-electron chi connectivity index (χ4n) is 4.39. The number of hydrogen-bond donors (Lipinski definition) is 1. The lowest BCUT2D eigenvalue weighted by molar-refractivity contribution is -0.115. The average Bonchev–Trinajstić information content (AvgIpc) is 3.32. The van der Waals surface area contributed by atoms with Gasteiger partial charge in [0.2, 0.25) is 5.91 Å². The van der Waals surface area contributed by atoms with E-state index in [9.17, 15) is 4.79 Å². The molecule has 1 amide bonds. The van der Waals surface area contributed by atoms with Crippen molar-refractivity contribution in [3.63, 3.8) is 0 Å². The minimum absolute atomic E-state index is 0.120. The van der Waals surface area contributed by atoms with E-state index < -0.39 is 0 Å². The molecule has 1 aromatic heterocycles. The van der Waals surface area contributed by atoms with Gasteiger partial charge in [0, 0.05) is 11.6 Å². The molecule has 1 N–H and O–H groups in total. The molecule has 9 heteroatoms. The molecule has 0 aliphatic heterocycles. The maximum absolute atomic E-state index is 13.0. The molecule has 35 heavy (non-hydrogen) atoms. The summed E-state index contributed by atoms with van der Waals surface area (Å²) in [7, 11) is 4.83. The van der Waals surface area contributed by atoms with Crippen LogP contribution in [-0.2, 0) is 4.79 Å². The number of thioether (sulfide) groups is 1. The highest BCUT2D eigenvalue weighted by Crippen LogP contribution is 2.39. The van der Waals surface area contributed by atoms with E-state index in [-0.39, 0.29) is 17.2 Å². The van der Waals surface area contributed by atoms with Crippen molar-refractivity contribution in [2.75, 3.05) is 26.6 Å². The molecule has 2 aromatic carbocycles. The Kier molecular flexibility index (Phi) is 8.17. The van der Waals surface area contributed by atoms with Gasteiger partial charge in [-0.15, -0.1) is 10.2 Å². The molecule has 1 saturated carbocycles. The van der Waals surface area contributed by atoms with Crippen LogP contribution < -0.4 is 19.5 Å². The molecule has 1 atom stereocenters. The Morgan fingerprint density at radius 3 is 2.40 bits per heavy atom. The van der Waals surface area contributed by atoms with Gasteiger partial charge in [0.15, 0.2) is 22.5 Å². The summed E-state index contributed by atoms with van der Waals surface area (Å²) in [5, 5.41) is 12.4. The molecule has 0 saturated heterocycles. The SMILES string of the molecule is COc1ccccc1NC(=O)C(C)Sc1nnc(-c2ccc(OC)c(OC)c2)n1C1CCCCC1. The third kappa shape index (κ3) is 5.56. The van der Waals surface area contributed by atoms with E-state index in [0.717, 1.165) is 29.4 Å². The van der Waals surface area contributed by atoms with E-state index in [1.165, 1.54) is 31.0 Å². The van der Waals surface area contributed by atoms with Gasteiger partial charge in [0.1, 0.15) is 5.75 Å². The zero-order valence-electron chi connectivity index (χ0n) is 20.6. The molecule has 8 nitrogen and oxygen atoms in total. The average molecular weight is 497 g/mol. The number of aromatic nitrogens is 3. The highest BCUT2D eigenvalue weighted by Gasteiger charge is 2.27.